The van der Waals surface area contributed by atoms with Gasteiger partial charge in [0.15, 0.2) is 0 Å². The first-order chi connectivity index (χ1) is 25.2. The van der Waals surface area contributed by atoms with Crippen molar-refractivity contribution in [3.8, 4) is 5.75 Å². The smallest absolute Gasteiger partial charge is 0.408 e. The Hall–Kier alpha value is -5.43. The number of nitrogens with one attached hydrogen (secondary N) is 4. The van der Waals surface area contributed by atoms with Crippen LogP contribution in [0.1, 0.15) is 57.7 Å². The van der Waals surface area contributed by atoms with E-state index in [4.69, 9.17) is 18.9 Å². The third-order valence-corrected chi connectivity index (χ3v) is 7.60. The Kier molecular flexibility index (Phi) is 16.8. The van der Waals surface area contributed by atoms with Crippen molar-refractivity contribution < 1.29 is 42.9 Å². The number of alkyl carbamates (subject to hydrolysis) is 1. The van der Waals surface area contributed by atoms with Gasteiger partial charge in [0.1, 0.15) is 36.1 Å². The zero-order valence-electron chi connectivity index (χ0n) is 31.3. The van der Waals surface area contributed by atoms with Crippen LogP contribution in [0.5, 0.6) is 5.75 Å². The zero-order valence-corrected chi connectivity index (χ0v) is 31.3. The monoisotopic (exact) mass is 732 g/mol. The minimum atomic E-state index is -1.24. The molecule has 4 N–H and O–H groups in total. The van der Waals surface area contributed by atoms with Crippen LogP contribution in [0.3, 0.4) is 0 Å². The fourth-order valence-corrected chi connectivity index (χ4v) is 5.05. The third-order valence-electron chi connectivity index (χ3n) is 7.60. The Bertz CT molecular complexity index is 1610. The van der Waals surface area contributed by atoms with Gasteiger partial charge in [-0.1, -0.05) is 86.6 Å². The first-order valence-corrected chi connectivity index (χ1v) is 17.5. The maximum absolute atomic E-state index is 13.8. The molecular formula is C40H52N4O9. The number of ether oxygens (including phenoxy) is 4. The van der Waals surface area contributed by atoms with Crippen LogP contribution >= 0.6 is 0 Å². The summed E-state index contributed by atoms with van der Waals surface area (Å²) in [6.07, 6.45) is -0.472. The first kappa shape index (κ1) is 42.0. The van der Waals surface area contributed by atoms with E-state index in [0.717, 1.165) is 11.1 Å². The second-order valence-electron chi connectivity index (χ2n) is 13.9. The number of amides is 4. The van der Waals surface area contributed by atoms with E-state index >= 15 is 0 Å². The van der Waals surface area contributed by atoms with Crippen LogP contribution in [0.2, 0.25) is 0 Å². The van der Waals surface area contributed by atoms with Crippen LogP contribution in [-0.4, -0.2) is 73.8 Å². The van der Waals surface area contributed by atoms with Crippen LogP contribution in [-0.2, 0) is 53.0 Å². The molecule has 0 saturated heterocycles. The minimum absolute atomic E-state index is 0.0281. The summed E-state index contributed by atoms with van der Waals surface area (Å²) >= 11 is 0. The van der Waals surface area contributed by atoms with Gasteiger partial charge in [-0.15, -0.1) is 0 Å². The molecular weight excluding hydrogens is 680 g/mol. The molecule has 0 aromatic heterocycles. The van der Waals surface area contributed by atoms with Crippen LogP contribution < -0.4 is 26.0 Å². The molecule has 0 aliphatic heterocycles. The zero-order chi connectivity index (χ0) is 38.8. The summed E-state index contributed by atoms with van der Waals surface area (Å²) in [5, 5.41) is 10.4. The van der Waals surface area contributed by atoms with Crippen molar-refractivity contribution in [2.45, 2.75) is 84.4 Å². The van der Waals surface area contributed by atoms with E-state index in [2.05, 4.69) is 21.3 Å². The largest absolute Gasteiger partial charge is 0.489 e. The predicted molar refractivity (Wildman–Crippen MR) is 199 cm³/mol. The van der Waals surface area contributed by atoms with Crippen molar-refractivity contribution in [2.24, 2.45) is 5.92 Å². The molecule has 0 saturated carbocycles. The van der Waals surface area contributed by atoms with E-state index in [0.29, 0.717) is 24.3 Å². The standard InChI is InChI=1S/C40H52N4O9/c1-27(2)21-33(38(48)50-6)42-35(45)23-41-36(46)32(22-28-17-19-31(20-18-28)52-25-30-15-11-8-12-16-30)43-37(47)34(44-39(49)53-40(3,4)5)26-51-24-29-13-9-7-10-14-29/h7-20,27,32-34H,21-26H2,1-6H3,(H,41,46)(H,42,45)(H,43,47)(H,44,49)/t32-,33+,34+/m0/s1. The van der Waals surface area contributed by atoms with E-state index in [1.807, 2.05) is 74.5 Å². The number of hydrogen-bond acceptors (Lipinski definition) is 9. The maximum atomic E-state index is 13.8. The van der Waals surface area contributed by atoms with Crippen LogP contribution in [0.4, 0.5) is 4.79 Å². The molecule has 0 radical (unpaired) electrons. The summed E-state index contributed by atoms with van der Waals surface area (Å²) in [4.78, 5) is 65.2. The van der Waals surface area contributed by atoms with Crippen molar-refractivity contribution in [3.05, 3.63) is 102 Å². The summed E-state index contributed by atoms with van der Waals surface area (Å²) in [7, 11) is 1.23. The quantitative estimate of drug-likeness (QED) is 0.132. The van der Waals surface area contributed by atoms with Gasteiger partial charge >= 0.3 is 12.1 Å². The summed E-state index contributed by atoms with van der Waals surface area (Å²) in [5.41, 5.74) is 1.71. The molecule has 53 heavy (non-hydrogen) atoms. The molecule has 3 atom stereocenters. The molecule has 0 fully saturated rings. The Morgan fingerprint density at radius 1 is 0.679 bits per heavy atom. The molecule has 0 aliphatic carbocycles. The van der Waals surface area contributed by atoms with Crippen LogP contribution in [0.25, 0.3) is 0 Å². The van der Waals surface area contributed by atoms with Gasteiger partial charge in [-0.25, -0.2) is 9.59 Å². The molecule has 0 heterocycles. The normalized spacial score (nSPS) is 12.8. The van der Waals surface area contributed by atoms with E-state index in [1.54, 1.807) is 45.0 Å². The summed E-state index contributed by atoms with van der Waals surface area (Å²) in [5.74, 6) is -1.90. The van der Waals surface area contributed by atoms with Crippen molar-refractivity contribution in [1.82, 2.24) is 21.3 Å². The Balaban J connectivity index is 1.77. The lowest BCUT2D eigenvalue weighted by molar-refractivity contribution is -0.145. The molecule has 0 bridgehead atoms. The molecule has 4 amide bonds. The number of benzene rings is 3. The van der Waals surface area contributed by atoms with Gasteiger partial charge in [-0.05, 0) is 61.9 Å². The highest BCUT2D eigenvalue weighted by molar-refractivity contribution is 5.93. The third kappa shape index (κ3) is 16.2. The lowest BCUT2D eigenvalue weighted by Crippen LogP contribution is -2.57. The summed E-state index contributed by atoms with van der Waals surface area (Å²) in [6, 6.07) is 22.7. The molecule has 0 aliphatic rings. The molecule has 13 heteroatoms. The molecule has 3 aromatic carbocycles. The van der Waals surface area contributed by atoms with Gasteiger partial charge in [0.05, 0.1) is 26.9 Å². The molecule has 3 aromatic rings. The number of carbonyl (C=O) groups excluding carboxylic acids is 5. The minimum Gasteiger partial charge on any atom is -0.489 e. The highest BCUT2D eigenvalue weighted by Crippen LogP contribution is 2.16. The maximum Gasteiger partial charge on any atom is 0.408 e. The van der Waals surface area contributed by atoms with Crippen LogP contribution in [0, 0.1) is 5.92 Å². The van der Waals surface area contributed by atoms with Crippen LogP contribution in [0.15, 0.2) is 84.9 Å². The molecule has 286 valence electrons. The number of rotatable bonds is 19. The second kappa shape index (κ2) is 21.2. The average Bonchev–Trinajstić information content (AvgIpc) is 3.12. The number of esters is 1. The van der Waals surface area contributed by atoms with Gasteiger partial charge in [0, 0.05) is 6.42 Å². The Labute approximate surface area is 311 Å². The van der Waals surface area contributed by atoms with Gasteiger partial charge in [0.25, 0.3) is 0 Å². The fraction of sp³-hybridized carbons (Fsp3) is 0.425. The molecule has 0 spiro atoms. The van der Waals surface area contributed by atoms with E-state index < -0.39 is 60.1 Å². The molecule has 0 unspecified atom stereocenters. The Morgan fingerprint density at radius 2 is 1.28 bits per heavy atom. The van der Waals surface area contributed by atoms with Gasteiger partial charge in [-0.3, -0.25) is 14.4 Å². The SMILES string of the molecule is COC(=O)[C@@H](CC(C)C)NC(=O)CNC(=O)[C@H](Cc1ccc(OCc2ccccc2)cc1)NC(=O)[C@@H](COCc1ccccc1)NC(=O)OC(C)(C)C. The lowest BCUT2D eigenvalue weighted by Gasteiger charge is -2.25. The number of carbonyl (C=O) groups is 5. The number of methoxy groups -OCH3 is 1. The number of hydrogen-bond donors (Lipinski definition) is 4. The molecule has 3 rings (SSSR count). The predicted octanol–water partition coefficient (Wildman–Crippen LogP) is 4.22. The average molecular weight is 733 g/mol. The Morgan fingerprint density at radius 3 is 1.85 bits per heavy atom. The summed E-state index contributed by atoms with van der Waals surface area (Å²) < 4.78 is 21.9. The van der Waals surface area contributed by atoms with Crippen molar-refractivity contribution in [1.29, 1.82) is 0 Å². The second-order valence-corrected chi connectivity index (χ2v) is 13.9. The lowest BCUT2D eigenvalue weighted by atomic mass is 10.0. The first-order valence-electron chi connectivity index (χ1n) is 17.5. The van der Waals surface area contributed by atoms with E-state index in [-0.39, 0.29) is 25.6 Å². The highest BCUT2D eigenvalue weighted by Gasteiger charge is 2.30. The van der Waals surface area contributed by atoms with E-state index in [1.165, 1.54) is 7.11 Å². The van der Waals surface area contributed by atoms with Gasteiger partial charge in [-0.2, -0.15) is 0 Å². The van der Waals surface area contributed by atoms with Gasteiger partial charge in [0.2, 0.25) is 17.7 Å². The van der Waals surface area contributed by atoms with Crippen molar-refractivity contribution in [2.75, 3.05) is 20.3 Å². The van der Waals surface area contributed by atoms with Gasteiger partial charge < -0.3 is 40.2 Å². The van der Waals surface area contributed by atoms with E-state index in [9.17, 15) is 24.0 Å². The van der Waals surface area contributed by atoms with Crippen molar-refractivity contribution >= 4 is 29.8 Å². The topological polar surface area (TPSA) is 170 Å². The highest BCUT2D eigenvalue weighted by atomic mass is 16.6. The summed E-state index contributed by atoms with van der Waals surface area (Å²) in [6.45, 7) is 8.72. The van der Waals surface area contributed by atoms with Crippen molar-refractivity contribution in [3.63, 3.8) is 0 Å². The molecule has 13 nitrogen and oxygen atoms in total. The fourth-order valence-electron chi connectivity index (χ4n) is 5.05.